The van der Waals surface area contributed by atoms with Crippen molar-refractivity contribution in [1.82, 2.24) is 10.3 Å². The Morgan fingerprint density at radius 3 is 2.40 bits per heavy atom. The molecule has 0 aliphatic carbocycles. The zero-order chi connectivity index (χ0) is 34.0. The van der Waals surface area contributed by atoms with Gasteiger partial charge < -0.3 is 25.4 Å². The molecule has 0 saturated heterocycles. The van der Waals surface area contributed by atoms with Crippen LogP contribution in [0.25, 0.3) is 17.3 Å². The van der Waals surface area contributed by atoms with Gasteiger partial charge in [-0.1, -0.05) is 48.0 Å². The normalized spacial score (nSPS) is 11.7. The maximum atomic E-state index is 13.7. The first-order valence-electron chi connectivity index (χ1n) is 14.6. The predicted octanol–water partition coefficient (Wildman–Crippen LogP) is 8.01. The van der Waals surface area contributed by atoms with Crippen molar-refractivity contribution in [1.29, 1.82) is 0 Å². The minimum Gasteiger partial charge on any atom is -0.497 e. The summed E-state index contributed by atoms with van der Waals surface area (Å²) in [6.07, 6.45) is 1.53. The number of carbonyl (C=O) groups is 3. The van der Waals surface area contributed by atoms with Gasteiger partial charge in [0.05, 0.1) is 25.2 Å². The lowest BCUT2D eigenvalue weighted by Crippen LogP contribution is -2.30. The maximum absolute atomic E-state index is 13.7. The van der Waals surface area contributed by atoms with E-state index in [1.165, 1.54) is 43.4 Å². The van der Waals surface area contributed by atoms with Gasteiger partial charge in [-0.3, -0.25) is 14.4 Å². The average Bonchev–Trinajstić information content (AvgIpc) is 3.57. The molecule has 3 amide bonds. The van der Waals surface area contributed by atoms with Gasteiger partial charge in [0, 0.05) is 37.7 Å². The summed E-state index contributed by atoms with van der Waals surface area (Å²) in [6, 6.07) is 28.2. The lowest BCUT2D eigenvalue weighted by atomic mass is 10.1. The van der Waals surface area contributed by atoms with E-state index in [0.717, 1.165) is 16.2 Å². The van der Waals surface area contributed by atoms with Crippen molar-refractivity contribution in [2.24, 2.45) is 0 Å². The summed E-state index contributed by atoms with van der Waals surface area (Å²) in [5, 5.41) is 11.0. The first kappa shape index (κ1) is 34.2. The number of amides is 3. The Balaban J connectivity index is 1.29. The lowest BCUT2D eigenvalue weighted by molar-refractivity contribution is -0.115. The number of ether oxygens (including phenoxy) is 2. The highest BCUT2D eigenvalue weighted by Gasteiger charge is 2.19. The van der Waals surface area contributed by atoms with E-state index < -0.39 is 17.1 Å². The second-order valence-corrected chi connectivity index (χ2v) is 13.0. The molecule has 1 aromatic heterocycles. The van der Waals surface area contributed by atoms with E-state index in [4.69, 9.17) is 21.1 Å². The fourth-order valence-electron chi connectivity index (χ4n) is 4.44. The van der Waals surface area contributed by atoms with Gasteiger partial charge in [0.2, 0.25) is 5.91 Å². The van der Waals surface area contributed by atoms with Crippen molar-refractivity contribution in [3.8, 4) is 22.8 Å². The van der Waals surface area contributed by atoms with Crippen molar-refractivity contribution in [3.05, 3.63) is 124 Å². The first-order valence-corrected chi connectivity index (χ1v) is 16.8. The predicted molar refractivity (Wildman–Crippen MR) is 193 cm³/mol. The molecule has 5 rings (SSSR count). The first-order chi connectivity index (χ1) is 23.2. The van der Waals surface area contributed by atoms with Gasteiger partial charge in [-0.2, -0.15) is 0 Å². The van der Waals surface area contributed by atoms with Gasteiger partial charge >= 0.3 is 0 Å². The van der Waals surface area contributed by atoms with Crippen LogP contribution in [0.2, 0.25) is 5.02 Å². The second-order valence-electron chi connectivity index (χ2n) is 10.3. The molecule has 5 aromatic rings. The van der Waals surface area contributed by atoms with Crippen LogP contribution in [0.4, 0.5) is 10.8 Å². The van der Waals surface area contributed by atoms with Crippen LogP contribution in [0.3, 0.4) is 0 Å². The van der Waals surface area contributed by atoms with Crippen LogP contribution in [0, 0.1) is 0 Å². The molecule has 3 N–H and O–H groups in total. The van der Waals surface area contributed by atoms with Crippen molar-refractivity contribution >= 4 is 69.3 Å². The highest BCUT2D eigenvalue weighted by atomic mass is 35.5. The maximum Gasteiger partial charge on any atom is 0.272 e. The topological polar surface area (TPSA) is 119 Å². The van der Waals surface area contributed by atoms with Crippen molar-refractivity contribution in [3.63, 3.8) is 0 Å². The van der Waals surface area contributed by atoms with Gasteiger partial charge in [0.1, 0.15) is 17.2 Å². The number of nitrogens with zero attached hydrogens (tertiary/aromatic N) is 1. The minimum absolute atomic E-state index is 0.0115. The van der Waals surface area contributed by atoms with Crippen LogP contribution in [0.5, 0.6) is 11.5 Å². The Hall–Kier alpha value is -5.10. The van der Waals surface area contributed by atoms with E-state index in [-0.39, 0.29) is 11.6 Å². The zero-order valence-electron chi connectivity index (χ0n) is 26.2. The molecular formula is C36H31ClN4O5S2. The number of hydrogen-bond donors (Lipinski definition) is 3. The molecular weight excluding hydrogens is 668 g/mol. The third-order valence-electron chi connectivity index (χ3n) is 6.91. The summed E-state index contributed by atoms with van der Waals surface area (Å²) < 4.78 is 10.8. The zero-order valence-corrected chi connectivity index (χ0v) is 28.5. The minimum atomic E-state index is -0.558. The molecule has 0 saturated carbocycles. The standard InChI is InChI=1S/C36H31ClN4O5S2/c1-22(33(42)41-36-40-31(21-47-36)23-12-14-26(37)15-13-23)48-29-11-7-10-27(20-29)38-35(44)30(39-34(43)24-8-5-4-6-9-24)19-25-18-28(45-2)16-17-32(25)46-3/h4-22H,1-3H3,(H,38,44)(H,39,43)(H,40,41,42)/b30-19+. The van der Waals surface area contributed by atoms with Crippen LogP contribution in [-0.2, 0) is 9.59 Å². The number of methoxy groups -OCH3 is 2. The molecule has 12 heteroatoms. The fourth-order valence-corrected chi connectivity index (χ4v) is 6.22. The van der Waals surface area contributed by atoms with Gasteiger partial charge in [-0.25, -0.2) is 4.98 Å². The van der Waals surface area contributed by atoms with E-state index in [2.05, 4.69) is 20.9 Å². The van der Waals surface area contributed by atoms with Crippen molar-refractivity contribution < 1.29 is 23.9 Å². The van der Waals surface area contributed by atoms with E-state index in [0.29, 0.717) is 38.5 Å². The third-order valence-corrected chi connectivity index (χ3v) is 9.02. The number of aromatic nitrogens is 1. The quantitative estimate of drug-likeness (QED) is 0.0892. The summed E-state index contributed by atoms with van der Waals surface area (Å²) >= 11 is 8.65. The van der Waals surface area contributed by atoms with Crippen LogP contribution < -0.4 is 25.4 Å². The molecule has 0 aliphatic heterocycles. The molecule has 0 aliphatic rings. The number of carbonyl (C=O) groups excluding carboxylic acids is 3. The Labute approximate surface area is 291 Å². The Morgan fingerprint density at radius 2 is 1.67 bits per heavy atom. The number of benzene rings is 4. The number of thioether (sulfide) groups is 1. The number of halogens is 1. The monoisotopic (exact) mass is 698 g/mol. The molecule has 0 radical (unpaired) electrons. The molecule has 4 aromatic carbocycles. The number of hydrogen-bond acceptors (Lipinski definition) is 8. The Bertz CT molecular complexity index is 1950. The Kier molecular flexibility index (Phi) is 11.5. The molecule has 0 spiro atoms. The van der Waals surface area contributed by atoms with E-state index >= 15 is 0 Å². The second kappa shape index (κ2) is 16.1. The van der Waals surface area contributed by atoms with E-state index in [1.54, 1.807) is 85.8 Å². The molecule has 0 bridgehead atoms. The van der Waals surface area contributed by atoms with Crippen LogP contribution in [0.1, 0.15) is 22.8 Å². The SMILES string of the molecule is COc1ccc(OC)c(/C=C(/NC(=O)c2ccccc2)C(=O)Nc2cccc(SC(C)C(=O)Nc3nc(-c4ccc(Cl)cc4)cs3)c2)c1. The third kappa shape index (κ3) is 9.03. The van der Waals surface area contributed by atoms with Crippen molar-refractivity contribution in [2.45, 2.75) is 17.1 Å². The summed E-state index contributed by atoms with van der Waals surface area (Å²) in [4.78, 5) is 45.1. The molecule has 0 fully saturated rings. The van der Waals surface area contributed by atoms with E-state index in [1.807, 2.05) is 23.6 Å². The summed E-state index contributed by atoms with van der Waals surface area (Å²) in [5.74, 6) is -0.191. The summed E-state index contributed by atoms with van der Waals surface area (Å²) in [7, 11) is 3.05. The number of rotatable bonds is 12. The highest BCUT2D eigenvalue weighted by molar-refractivity contribution is 8.00. The van der Waals surface area contributed by atoms with Crippen LogP contribution in [-0.4, -0.2) is 42.2 Å². The molecule has 48 heavy (non-hydrogen) atoms. The largest absolute Gasteiger partial charge is 0.497 e. The van der Waals surface area contributed by atoms with Gasteiger partial charge in [0.15, 0.2) is 5.13 Å². The fraction of sp³-hybridized carbons (Fsp3) is 0.111. The molecule has 244 valence electrons. The molecule has 1 unspecified atom stereocenters. The van der Waals surface area contributed by atoms with E-state index in [9.17, 15) is 14.4 Å². The van der Waals surface area contributed by atoms with Crippen LogP contribution in [0.15, 0.2) is 113 Å². The van der Waals surface area contributed by atoms with Gasteiger partial charge in [-0.05, 0) is 73.7 Å². The number of anilines is 2. The molecule has 1 atom stereocenters. The molecule has 9 nitrogen and oxygen atoms in total. The number of nitrogens with one attached hydrogen (secondary N) is 3. The summed E-state index contributed by atoms with van der Waals surface area (Å²) in [5.41, 5.74) is 3.02. The van der Waals surface area contributed by atoms with Crippen LogP contribution >= 0.6 is 34.7 Å². The van der Waals surface area contributed by atoms with Gasteiger partial charge in [0.25, 0.3) is 11.8 Å². The highest BCUT2D eigenvalue weighted by Crippen LogP contribution is 2.30. The average molecular weight is 699 g/mol. The van der Waals surface area contributed by atoms with Gasteiger partial charge in [-0.15, -0.1) is 23.1 Å². The summed E-state index contributed by atoms with van der Waals surface area (Å²) in [6.45, 7) is 1.79. The number of thiazole rings is 1. The van der Waals surface area contributed by atoms with Crippen molar-refractivity contribution in [2.75, 3.05) is 24.9 Å². The smallest absolute Gasteiger partial charge is 0.272 e. The lowest BCUT2D eigenvalue weighted by Gasteiger charge is -2.14. The Morgan fingerprint density at radius 1 is 0.896 bits per heavy atom. The molecule has 1 heterocycles.